The zero-order chi connectivity index (χ0) is 25.3. The summed E-state index contributed by atoms with van der Waals surface area (Å²) in [5.41, 5.74) is 1.73. The number of para-hydroxylation sites is 1. The Morgan fingerprint density at radius 3 is 2.53 bits per heavy atom. The van der Waals surface area contributed by atoms with Crippen LogP contribution in [0.2, 0.25) is 18.1 Å². The average Bonchev–Trinajstić information content (AvgIpc) is 3.55. The molecule has 3 atom stereocenters. The van der Waals surface area contributed by atoms with Crippen LogP contribution >= 0.6 is 0 Å². The molecule has 7 nitrogen and oxygen atoms in total. The van der Waals surface area contributed by atoms with E-state index in [0.717, 1.165) is 23.1 Å². The number of aliphatic hydroxyl groups excluding tert-OH is 1. The first-order valence-corrected chi connectivity index (χ1v) is 14.8. The second kappa shape index (κ2) is 9.85. The first-order valence-electron chi connectivity index (χ1n) is 11.9. The molecule has 1 aliphatic rings. The number of amides is 1. The van der Waals surface area contributed by atoms with Crippen LogP contribution in [0.15, 0.2) is 43.1 Å². The van der Waals surface area contributed by atoms with Crippen LogP contribution in [0.5, 0.6) is 0 Å². The number of aliphatic hydroxyl groups is 1. The van der Waals surface area contributed by atoms with Crippen LogP contribution in [0.4, 0.5) is 4.79 Å². The summed E-state index contributed by atoms with van der Waals surface area (Å²) in [6, 6.07) is 7.49. The Labute approximate surface area is 204 Å². The molecule has 1 fully saturated rings. The number of ether oxygens (including phenoxy) is 2. The van der Waals surface area contributed by atoms with Gasteiger partial charge < -0.3 is 28.9 Å². The summed E-state index contributed by atoms with van der Waals surface area (Å²) in [5.74, 6) is 0. The van der Waals surface area contributed by atoms with Gasteiger partial charge in [-0.05, 0) is 38.0 Å². The second-order valence-electron chi connectivity index (χ2n) is 11.1. The summed E-state index contributed by atoms with van der Waals surface area (Å²) in [4.78, 5) is 12.4. The normalized spacial score (nSPS) is 18.4. The second-order valence-corrected chi connectivity index (χ2v) is 15.8. The maximum absolute atomic E-state index is 12.4. The van der Waals surface area contributed by atoms with Gasteiger partial charge in [0.1, 0.15) is 12.7 Å². The fraction of sp³-hybridized carbons (Fsp3) is 0.577. The van der Waals surface area contributed by atoms with E-state index in [4.69, 9.17) is 13.9 Å². The van der Waals surface area contributed by atoms with E-state index in [9.17, 15) is 9.90 Å². The number of alkyl carbamates (subject to hydrolysis) is 1. The number of aromatic nitrogens is 1. The zero-order valence-electron chi connectivity index (χ0n) is 21.6. The molecule has 0 spiro atoms. The third-order valence-electron chi connectivity index (χ3n) is 7.22. The van der Waals surface area contributed by atoms with Gasteiger partial charge in [0.25, 0.3) is 0 Å². The lowest BCUT2D eigenvalue weighted by molar-refractivity contribution is 0.0872. The van der Waals surface area contributed by atoms with Crippen molar-refractivity contribution in [2.45, 2.75) is 76.5 Å². The molecule has 2 aromatic rings. The maximum atomic E-state index is 12.4. The standard InChI is InChI=1S/C26H40N2O5Si/c1-9-14-31-24(30)27-20(16-29)23(33-34(7,8)25(2,3)4)19-15-28(26(5,6)22-17-32-22)21-13-11-10-12-18(19)21/h9-13,15,20,22-23,29H,1,14,16-17H2,2-8H3,(H,27,30)/t20-,22+,23-/m1/s1. The molecule has 1 saturated heterocycles. The number of nitrogens with one attached hydrogen (secondary N) is 1. The SMILES string of the molecule is C=CCOC(=O)N[C@H](CO)[C@H](O[Si](C)(C)C(C)(C)C)c1cn(C(C)(C)[C@@H]2CO2)c2ccccc12. The van der Waals surface area contributed by atoms with Gasteiger partial charge in [-0.2, -0.15) is 0 Å². The molecule has 1 aliphatic heterocycles. The molecule has 2 N–H and O–H groups in total. The highest BCUT2D eigenvalue weighted by molar-refractivity contribution is 6.74. The molecule has 2 heterocycles. The van der Waals surface area contributed by atoms with E-state index >= 15 is 0 Å². The first kappa shape index (κ1) is 26.5. The molecule has 8 heteroatoms. The van der Waals surface area contributed by atoms with E-state index < -0.39 is 26.6 Å². The highest BCUT2D eigenvalue weighted by atomic mass is 28.4. The molecule has 3 rings (SSSR count). The van der Waals surface area contributed by atoms with Gasteiger partial charge in [-0.15, -0.1) is 0 Å². The predicted molar refractivity (Wildman–Crippen MR) is 138 cm³/mol. The summed E-state index contributed by atoms with van der Waals surface area (Å²) in [6.07, 6.45) is 2.56. The van der Waals surface area contributed by atoms with Crippen LogP contribution in [-0.2, 0) is 19.4 Å². The number of carbonyl (C=O) groups is 1. The molecule has 0 bridgehead atoms. The molecular formula is C26H40N2O5Si. The monoisotopic (exact) mass is 488 g/mol. The molecule has 0 saturated carbocycles. The van der Waals surface area contributed by atoms with Crippen molar-refractivity contribution >= 4 is 25.3 Å². The van der Waals surface area contributed by atoms with Crippen LogP contribution in [0.25, 0.3) is 10.9 Å². The van der Waals surface area contributed by atoms with Crippen molar-refractivity contribution in [1.29, 1.82) is 0 Å². The zero-order valence-corrected chi connectivity index (χ0v) is 22.6. The van der Waals surface area contributed by atoms with Crippen LogP contribution in [0.1, 0.15) is 46.3 Å². The topological polar surface area (TPSA) is 85.2 Å². The van der Waals surface area contributed by atoms with Gasteiger partial charge in [0.05, 0.1) is 30.9 Å². The Morgan fingerprint density at radius 2 is 1.97 bits per heavy atom. The van der Waals surface area contributed by atoms with E-state index in [-0.39, 0.29) is 29.9 Å². The number of benzene rings is 1. The third kappa shape index (κ3) is 5.40. The Kier molecular flexibility index (Phi) is 7.67. The van der Waals surface area contributed by atoms with Crippen LogP contribution < -0.4 is 5.32 Å². The summed E-state index contributed by atoms with van der Waals surface area (Å²) < 4.78 is 20.0. The Morgan fingerprint density at radius 1 is 1.32 bits per heavy atom. The number of carbonyl (C=O) groups excluding carboxylic acids is 1. The largest absolute Gasteiger partial charge is 0.445 e. The van der Waals surface area contributed by atoms with Crippen molar-refractivity contribution < 1.29 is 23.8 Å². The van der Waals surface area contributed by atoms with Crippen LogP contribution in [-0.4, -0.2) is 56.1 Å². The number of hydrogen-bond donors (Lipinski definition) is 2. The van der Waals surface area contributed by atoms with Gasteiger partial charge in [-0.1, -0.05) is 51.6 Å². The van der Waals surface area contributed by atoms with Gasteiger partial charge >= 0.3 is 6.09 Å². The Bertz CT molecular complexity index is 1020. The van der Waals surface area contributed by atoms with E-state index in [1.165, 1.54) is 6.08 Å². The van der Waals surface area contributed by atoms with Crippen molar-refractivity contribution in [3.63, 3.8) is 0 Å². The highest BCUT2D eigenvalue weighted by Gasteiger charge is 2.44. The lowest BCUT2D eigenvalue weighted by atomic mass is 10.0. The molecular weight excluding hydrogens is 448 g/mol. The minimum atomic E-state index is -2.29. The summed E-state index contributed by atoms with van der Waals surface area (Å²) in [5, 5.41) is 14.2. The molecule has 1 aromatic carbocycles. The van der Waals surface area contributed by atoms with E-state index in [1.807, 2.05) is 12.1 Å². The molecule has 1 aromatic heterocycles. The van der Waals surface area contributed by atoms with Crippen molar-refractivity contribution in [3.8, 4) is 0 Å². The minimum Gasteiger partial charge on any atom is -0.445 e. The number of fused-ring (bicyclic) bond motifs is 1. The number of hydrogen-bond acceptors (Lipinski definition) is 5. The van der Waals surface area contributed by atoms with E-state index in [0.29, 0.717) is 0 Å². The smallest absolute Gasteiger partial charge is 0.407 e. The molecule has 0 radical (unpaired) electrons. The molecule has 188 valence electrons. The fourth-order valence-corrected chi connectivity index (χ4v) is 5.20. The highest BCUT2D eigenvalue weighted by Crippen LogP contribution is 2.43. The summed E-state index contributed by atoms with van der Waals surface area (Å²) in [6.45, 7) is 19.3. The van der Waals surface area contributed by atoms with Gasteiger partial charge in [0.2, 0.25) is 0 Å². The number of rotatable bonds is 10. The molecule has 34 heavy (non-hydrogen) atoms. The van der Waals surface area contributed by atoms with Crippen LogP contribution in [0, 0.1) is 0 Å². The maximum Gasteiger partial charge on any atom is 0.407 e. The molecule has 0 unspecified atom stereocenters. The van der Waals surface area contributed by atoms with Crippen molar-refractivity contribution in [2.24, 2.45) is 0 Å². The van der Waals surface area contributed by atoms with E-state index in [2.05, 4.69) is 82.5 Å². The quantitative estimate of drug-likeness (QED) is 0.276. The van der Waals surface area contributed by atoms with Crippen molar-refractivity contribution in [3.05, 3.63) is 48.7 Å². The molecule has 0 aliphatic carbocycles. The minimum absolute atomic E-state index is 0.0614. The average molecular weight is 489 g/mol. The van der Waals surface area contributed by atoms with E-state index in [1.54, 1.807) is 0 Å². The number of epoxide rings is 1. The first-order chi connectivity index (χ1) is 15.8. The molecule has 1 amide bonds. The van der Waals surface area contributed by atoms with Crippen molar-refractivity contribution in [2.75, 3.05) is 19.8 Å². The summed E-state index contributed by atoms with van der Waals surface area (Å²) in [7, 11) is -2.29. The summed E-state index contributed by atoms with van der Waals surface area (Å²) >= 11 is 0. The fourth-order valence-electron chi connectivity index (χ4n) is 3.92. The number of nitrogens with zero attached hydrogens (tertiary/aromatic N) is 1. The lowest BCUT2D eigenvalue weighted by Gasteiger charge is -2.41. The Balaban J connectivity index is 2.12. The van der Waals surface area contributed by atoms with Gasteiger partial charge in [-0.25, -0.2) is 4.79 Å². The predicted octanol–water partition coefficient (Wildman–Crippen LogP) is 5.11. The van der Waals surface area contributed by atoms with Crippen molar-refractivity contribution in [1.82, 2.24) is 9.88 Å². The Hall–Kier alpha value is -2.13. The van der Waals surface area contributed by atoms with Gasteiger partial charge in [0.15, 0.2) is 8.32 Å². The van der Waals surface area contributed by atoms with Crippen LogP contribution in [0.3, 0.4) is 0 Å². The van der Waals surface area contributed by atoms with Gasteiger partial charge in [-0.3, -0.25) is 0 Å². The lowest BCUT2D eigenvalue weighted by Crippen LogP contribution is -2.49. The third-order valence-corrected chi connectivity index (χ3v) is 11.7. The van der Waals surface area contributed by atoms with Gasteiger partial charge in [0, 0.05) is 22.7 Å².